The Hall–Kier alpha value is -5.37. The Bertz CT molecular complexity index is 3170. The van der Waals surface area contributed by atoms with Crippen LogP contribution in [0.25, 0.3) is 77.6 Å². The van der Waals surface area contributed by atoms with Crippen LogP contribution < -0.4 is 0 Å². The van der Waals surface area contributed by atoms with Gasteiger partial charge in [0.15, 0.2) is 0 Å². The van der Waals surface area contributed by atoms with E-state index < -0.39 is 0 Å². The van der Waals surface area contributed by atoms with Gasteiger partial charge in [-0.05, 0) is 139 Å². The van der Waals surface area contributed by atoms with Gasteiger partial charge in [0.25, 0.3) is 0 Å². The standard InChI is InChI=1S/C65H67ClO/c1-7-9-11-13-15-21-35-65(36-22-16-14-12-10-8-2)53-25-19-17-23-46(53)49-32-28-43(38-57(49)65)42-27-31-47-48-33-29-44(39-55(48)63(3,4)54(47)37-42)52-41-58-60(50-34-30-45(66)40-56(50)64(58,5)6)61-51-24-18-20-26-59(51)67-62(52)61/h17-20,23-34,37-41H,7-16,21-22,35-36H2,1-6H3. The lowest BCUT2D eigenvalue weighted by Crippen LogP contribution is -2.25. The highest BCUT2D eigenvalue weighted by atomic mass is 35.5. The molecule has 0 bridgehead atoms. The topological polar surface area (TPSA) is 13.1 Å². The number of benzene rings is 7. The van der Waals surface area contributed by atoms with Crippen molar-refractivity contribution in [1.29, 1.82) is 0 Å². The molecule has 7 aromatic carbocycles. The van der Waals surface area contributed by atoms with Gasteiger partial charge in [0.1, 0.15) is 11.2 Å². The van der Waals surface area contributed by atoms with E-state index in [0.717, 1.165) is 27.1 Å². The first-order chi connectivity index (χ1) is 32.6. The smallest absolute Gasteiger partial charge is 0.143 e. The molecule has 0 radical (unpaired) electrons. The molecule has 0 spiro atoms. The van der Waals surface area contributed by atoms with Crippen LogP contribution >= 0.6 is 11.6 Å². The maximum atomic E-state index is 6.89. The normalized spacial score (nSPS) is 15.4. The van der Waals surface area contributed by atoms with Gasteiger partial charge in [-0.25, -0.2) is 0 Å². The lowest BCUT2D eigenvalue weighted by atomic mass is 9.70. The van der Waals surface area contributed by atoms with E-state index in [1.165, 1.54) is 168 Å². The fraction of sp³-hybridized carbons (Fsp3) is 0.354. The van der Waals surface area contributed by atoms with Crippen molar-refractivity contribution in [3.05, 3.63) is 166 Å². The SMILES string of the molecule is CCCCCCCCC1(CCCCCCCC)c2ccccc2-c2ccc(-c3ccc4c(c3)C(C)(C)c3cc(-c5cc6c(c7c5oc5ccccc57)-c5ccc(Cl)cc5C6(C)C)ccc3-4)cc21. The molecule has 3 aliphatic rings. The molecule has 0 fully saturated rings. The molecule has 1 heterocycles. The zero-order valence-corrected chi connectivity index (χ0v) is 41.6. The van der Waals surface area contributed by atoms with Gasteiger partial charge < -0.3 is 4.42 Å². The molecule has 2 heteroatoms. The van der Waals surface area contributed by atoms with Crippen molar-refractivity contribution >= 4 is 33.5 Å². The summed E-state index contributed by atoms with van der Waals surface area (Å²) in [5.74, 6) is 0. The van der Waals surface area contributed by atoms with Crippen molar-refractivity contribution in [2.45, 2.75) is 148 Å². The van der Waals surface area contributed by atoms with Gasteiger partial charge in [-0.1, -0.05) is 215 Å². The molecule has 67 heavy (non-hydrogen) atoms. The second kappa shape index (κ2) is 17.3. The van der Waals surface area contributed by atoms with Crippen LogP contribution in [0.1, 0.15) is 165 Å². The second-order valence-electron chi connectivity index (χ2n) is 21.5. The van der Waals surface area contributed by atoms with Crippen molar-refractivity contribution in [2.24, 2.45) is 0 Å². The van der Waals surface area contributed by atoms with Crippen LogP contribution in [0.3, 0.4) is 0 Å². The summed E-state index contributed by atoms with van der Waals surface area (Å²) >= 11 is 6.67. The molecule has 0 saturated carbocycles. The molecule has 11 rings (SSSR count). The molecule has 3 aliphatic carbocycles. The third-order valence-corrected chi connectivity index (χ3v) is 17.0. The zero-order valence-electron chi connectivity index (χ0n) is 40.8. The van der Waals surface area contributed by atoms with Crippen LogP contribution in [-0.4, -0.2) is 0 Å². The number of para-hydroxylation sites is 1. The molecule has 0 N–H and O–H groups in total. The predicted octanol–water partition coefficient (Wildman–Crippen LogP) is 20.0. The van der Waals surface area contributed by atoms with Gasteiger partial charge in [-0.2, -0.15) is 0 Å². The molecule has 340 valence electrons. The van der Waals surface area contributed by atoms with Crippen molar-refractivity contribution < 1.29 is 4.42 Å². The number of hydrogen-bond donors (Lipinski definition) is 0. The Morgan fingerprint density at radius 3 is 1.61 bits per heavy atom. The Kier molecular flexibility index (Phi) is 11.4. The fourth-order valence-electron chi connectivity index (χ4n) is 13.1. The van der Waals surface area contributed by atoms with Gasteiger partial charge in [0.05, 0.1) is 0 Å². The average molecular weight is 900 g/mol. The number of fused-ring (bicyclic) bond motifs is 13. The number of unbranched alkanes of at least 4 members (excludes halogenated alkanes) is 10. The summed E-state index contributed by atoms with van der Waals surface area (Å²) in [4.78, 5) is 0. The fourth-order valence-corrected chi connectivity index (χ4v) is 13.3. The van der Waals surface area contributed by atoms with E-state index in [1.807, 2.05) is 6.07 Å². The Balaban J connectivity index is 0.970. The van der Waals surface area contributed by atoms with Gasteiger partial charge in [0.2, 0.25) is 0 Å². The van der Waals surface area contributed by atoms with E-state index >= 15 is 0 Å². The monoisotopic (exact) mass is 898 g/mol. The number of rotatable bonds is 16. The largest absolute Gasteiger partial charge is 0.455 e. The molecule has 0 aliphatic heterocycles. The molecule has 1 nitrogen and oxygen atoms in total. The summed E-state index contributed by atoms with van der Waals surface area (Å²) in [6.45, 7) is 14.2. The molecule has 0 unspecified atom stereocenters. The van der Waals surface area contributed by atoms with Crippen molar-refractivity contribution in [3.8, 4) is 55.6 Å². The van der Waals surface area contributed by atoms with Crippen LogP contribution in [0.15, 0.2) is 132 Å². The molecular weight excluding hydrogens is 832 g/mol. The van der Waals surface area contributed by atoms with E-state index in [0.29, 0.717) is 0 Å². The molecule has 0 atom stereocenters. The summed E-state index contributed by atoms with van der Waals surface area (Å²) in [5, 5.41) is 3.14. The molecule has 0 amide bonds. The van der Waals surface area contributed by atoms with E-state index in [-0.39, 0.29) is 16.2 Å². The second-order valence-corrected chi connectivity index (χ2v) is 22.0. The van der Waals surface area contributed by atoms with E-state index in [2.05, 4.69) is 163 Å². The minimum Gasteiger partial charge on any atom is -0.455 e. The number of halogens is 1. The Morgan fingerprint density at radius 2 is 0.925 bits per heavy atom. The third kappa shape index (κ3) is 7.16. The summed E-state index contributed by atoms with van der Waals surface area (Å²) in [5.41, 5.74) is 23.2. The maximum absolute atomic E-state index is 6.89. The highest BCUT2D eigenvalue weighted by Gasteiger charge is 2.43. The Morgan fingerprint density at radius 1 is 0.418 bits per heavy atom. The van der Waals surface area contributed by atoms with Crippen LogP contribution in [0.5, 0.6) is 0 Å². The first-order valence-corrected chi connectivity index (χ1v) is 26.3. The minimum atomic E-state index is -0.220. The van der Waals surface area contributed by atoms with E-state index in [9.17, 15) is 0 Å². The predicted molar refractivity (Wildman–Crippen MR) is 287 cm³/mol. The maximum Gasteiger partial charge on any atom is 0.143 e. The van der Waals surface area contributed by atoms with Gasteiger partial charge in [-0.15, -0.1) is 0 Å². The summed E-state index contributed by atoms with van der Waals surface area (Å²) in [7, 11) is 0. The lowest BCUT2D eigenvalue weighted by molar-refractivity contribution is 0.398. The molecule has 1 aromatic heterocycles. The average Bonchev–Trinajstić information content (AvgIpc) is 4.00. The molecule has 0 saturated heterocycles. The van der Waals surface area contributed by atoms with Gasteiger partial charge in [0, 0.05) is 37.6 Å². The first-order valence-electron chi connectivity index (χ1n) is 25.9. The van der Waals surface area contributed by atoms with E-state index in [4.69, 9.17) is 16.0 Å². The third-order valence-electron chi connectivity index (χ3n) is 16.7. The highest BCUT2D eigenvalue weighted by molar-refractivity contribution is 6.31. The van der Waals surface area contributed by atoms with Crippen molar-refractivity contribution in [3.63, 3.8) is 0 Å². The number of hydrogen-bond acceptors (Lipinski definition) is 1. The quantitative estimate of drug-likeness (QED) is 0.0881. The van der Waals surface area contributed by atoms with Crippen LogP contribution in [0, 0.1) is 0 Å². The first kappa shape index (κ1) is 44.2. The zero-order chi connectivity index (χ0) is 46.1. The van der Waals surface area contributed by atoms with Gasteiger partial charge >= 0.3 is 0 Å². The van der Waals surface area contributed by atoms with Crippen LogP contribution in [0.4, 0.5) is 0 Å². The number of furan rings is 1. The van der Waals surface area contributed by atoms with Crippen LogP contribution in [-0.2, 0) is 16.2 Å². The lowest BCUT2D eigenvalue weighted by Gasteiger charge is -2.33. The summed E-state index contributed by atoms with van der Waals surface area (Å²) in [6, 6.07) is 48.8. The van der Waals surface area contributed by atoms with Crippen molar-refractivity contribution in [1.82, 2.24) is 0 Å². The van der Waals surface area contributed by atoms with Crippen molar-refractivity contribution in [2.75, 3.05) is 0 Å². The highest BCUT2D eigenvalue weighted by Crippen LogP contribution is 2.58. The molecular formula is C65H67ClO. The Labute approximate surface area is 405 Å². The van der Waals surface area contributed by atoms with Crippen LogP contribution in [0.2, 0.25) is 5.02 Å². The minimum absolute atomic E-state index is 0.0634. The summed E-state index contributed by atoms with van der Waals surface area (Å²) < 4.78 is 6.89. The van der Waals surface area contributed by atoms with E-state index in [1.54, 1.807) is 11.1 Å². The molecule has 8 aromatic rings. The summed E-state index contributed by atoms with van der Waals surface area (Å²) in [6.07, 6.45) is 18.4. The van der Waals surface area contributed by atoms with Gasteiger partial charge in [-0.3, -0.25) is 0 Å².